The molecule has 1 aromatic rings. The van der Waals surface area contributed by atoms with E-state index in [0.29, 0.717) is 30.3 Å². The largest absolute Gasteiger partial charge is 0.496 e. The quantitative estimate of drug-likeness (QED) is 0.609. The van der Waals surface area contributed by atoms with E-state index in [9.17, 15) is 10.1 Å². The standard InChI is InChI=1S/C14H18N2O5/c1-19-13-10-12(15-5-7-21-8-6-15)14(20-2)9-11(13)3-4-16(17)18/h3-4,9-10H,5-8H2,1-2H3. The van der Waals surface area contributed by atoms with Gasteiger partial charge in [-0.1, -0.05) is 0 Å². The number of nitro groups is 1. The monoisotopic (exact) mass is 294 g/mol. The van der Waals surface area contributed by atoms with Gasteiger partial charge in [-0.15, -0.1) is 0 Å². The van der Waals surface area contributed by atoms with Crippen molar-refractivity contribution in [3.8, 4) is 11.5 Å². The third-order valence-corrected chi connectivity index (χ3v) is 3.26. The second-order valence-electron chi connectivity index (χ2n) is 4.47. The molecule has 1 fully saturated rings. The second-order valence-corrected chi connectivity index (χ2v) is 4.47. The van der Waals surface area contributed by atoms with Gasteiger partial charge in [-0.3, -0.25) is 10.1 Å². The second kappa shape index (κ2) is 6.94. The molecule has 1 saturated heterocycles. The van der Waals surface area contributed by atoms with Gasteiger partial charge in [-0.05, 0) is 6.07 Å². The topological polar surface area (TPSA) is 74.1 Å². The van der Waals surface area contributed by atoms with Gasteiger partial charge in [0, 0.05) is 30.8 Å². The molecule has 2 rings (SSSR count). The van der Waals surface area contributed by atoms with Crippen LogP contribution < -0.4 is 14.4 Å². The third kappa shape index (κ3) is 3.63. The van der Waals surface area contributed by atoms with Crippen LogP contribution >= 0.6 is 0 Å². The fraction of sp³-hybridized carbons (Fsp3) is 0.429. The molecule has 0 aromatic heterocycles. The van der Waals surface area contributed by atoms with Gasteiger partial charge in [0.05, 0.1) is 38.0 Å². The van der Waals surface area contributed by atoms with Crippen LogP contribution in [0.25, 0.3) is 6.08 Å². The minimum absolute atomic E-state index is 0.512. The fourth-order valence-corrected chi connectivity index (χ4v) is 2.23. The molecule has 0 radical (unpaired) electrons. The summed E-state index contributed by atoms with van der Waals surface area (Å²) in [6.45, 7) is 2.86. The van der Waals surface area contributed by atoms with Gasteiger partial charge in [-0.25, -0.2) is 0 Å². The number of rotatable bonds is 5. The molecule has 1 aromatic carbocycles. The van der Waals surface area contributed by atoms with Crippen LogP contribution in [0.4, 0.5) is 5.69 Å². The molecule has 1 aliphatic rings. The van der Waals surface area contributed by atoms with Gasteiger partial charge in [-0.2, -0.15) is 0 Å². The highest BCUT2D eigenvalue weighted by atomic mass is 16.6. The van der Waals surface area contributed by atoms with Gasteiger partial charge in [0.15, 0.2) is 0 Å². The molecule has 0 atom stereocenters. The van der Waals surface area contributed by atoms with Crippen molar-refractivity contribution in [2.45, 2.75) is 0 Å². The number of benzene rings is 1. The van der Waals surface area contributed by atoms with Crippen LogP contribution in [0.2, 0.25) is 0 Å². The summed E-state index contributed by atoms with van der Waals surface area (Å²) in [4.78, 5) is 12.1. The van der Waals surface area contributed by atoms with Gasteiger partial charge >= 0.3 is 0 Å². The summed E-state index contributed by atoms with van der Waals surface area (Å²) in [5.41, 5.74) is 1.50. The summed E-state index contributed by atoms with van der Waals surface area (Å²) in [7, 11) is 3.11. The van der Waals surface area contributed by atoms with Crippen molar-refractivity contribution in [3.05, 3.63) is 34.0 Å². The maximum Gasteiger partial charge on any atom is 0.235 e. The number of hydrogen-bond acceptors (Lipinski definition) is 6. The van der Waals surface area contributed by atoms with Crippen molar-refractivity contribution < 1.29 is 19.1 Å². The lowest BCUT2D eigenvalue weighted by atomic mass is 10.1. The molecule has 1 aliphatic heterocycles. The molecule has 21 heavy (non-hydrogen) atoms. The van der Waals surface area contributed by atoms with Gasteiger partial charge in [0.25, 0.3) is 0 Å². The van der Waals surface area contributed by atoms with E-state index in [0.717, 1.165) is 25.0 Å². The molecule has 0 saturated carbocycles. The van der Waals surface area contributed by atoms with E-state index >= 15 is 0 Å². The molecular weight excluding hydrogens is 276 g/mol. The molecule has 1 heterocycles. The molecule has 7 heteroatoms. The van der Waals surface area contributed by atoms with Crippen molar-refractivity contribution in [2.75, 3.05) is 45.4 Å². The number of ether oxygens (including phenoxy) is 3. The molecule has 0 unspecified atom stereocenters. The van der Waals surface area contributed by atoms with E-state index in [2.05, 4.69) is 4.90 Å². The highest BCUT2D eigenvalue weighted by Gasteiger charge is 2.18. The first-order chi connectivity index (χ1) is 10.2. The zero-order chi connectivity index (χ0) is 15.2. The predicted octanol–water partition coefficient (Wildman–Crippen LogP) is 1.79. The van der Waals surface area contributed by atoms with E-state index in [-0.39, 0.29) is 0 Å². The summed E-state index contributed by atoms with van der Waals surface area (Å²) in [6, 6.07) is 3.58. The van der Waals surface area contributed by atoms with E-state index in [1.54, 1.807) is 13.2 Å². The van der Waals surface area contributed by atoms with Crippen LogP contribution in [-0.2, 0) is 4.74 Å². The molecule has 0 amide bonds. The Bertz CT molecular complexity index is 538. The van der Waals surface area contributed by atoms with Crippen molar-refractivity contribution in [2.24, 2.45) is 0 Å². The zero-order valence-electron chi connectivity index (χ0n) is 12.1. The van der Waals surface area contributed by atoms with E-state index in [1.165, 1.54) is 13.2 Å². The van der Waals surface area contributed by atoms with Crippen molar-refractivity contribution in [1.82, 2.24) is 0 Å². The van der Waals surface area contributed by atoms with Crippen molar-refractivity contribution in [1.29, 1.82) is 0 Å². The number of nitrogens with zero attached hydrogens (tertiary/aromatic N) is 2. The number of anilines is 1. The van der Waals surface area contributed by atoms with E-state index < -0.39 is 4.92 Å². The third-order valence-electron chi connectivity index (χ3n) is 3.26. The van der Waals surface area contributed by atoms with Gasteiger partial charge in [0.2, 0.25) is 6.20 Å². The van der Waals surface area contributed by atoms with Crippen LogP contribution in [0.15, 0.2) is 18.3 Å². The number of morpholine rings is 1. The Kier molecular flexibility index (Phi) is 4.99. The molecule has 7 nitrogen and oxygen atoms in total. The molecule has 0 bridgehead atoms. The Balaban J connectivity index is 2.39. The first-order valence-corrected chi connectivity index (χ1v) is 6.56. The smallest absolute Gasteiger partial charge is 0.235 e. The van der Waals surface area contributed by atoms with E-state index in [4.69, 9.17) is 14.2 Å². The SMILES string of the molecule is COc1cc(N2CCOCC2)c(OC)cc1C=C[N+](=O)[O-]. The molecule has 0 aliphatic carbocycles. The minimum Gasteiger partial charge on any atom is -0.496 e. The highest BCUT2D eigenvalue weighted by Crippen LogP contribution is 2.36. The van der Waals surface area contributed by atoms with Crippen LogP contribution in [0, 0.1) is 10.1 Å². The normalized spacial score (nSPS) is 15.2. The molecule has 0 spiro atoms. The maximum atomic E-state index is 10.5. The first kappa shape index (κ1) is 15.1. The summed E-state index contributed by atoms with van der Waals surface area (Å²) in [5.74, 6) is 1.22. The lowest BCUT2D eigenvalue weighted by Gasteiger charge is -2.30. The Morgan fingerprint density at radius 2 is 1.90 bits per heavy atom. The summed E-state index contributed by atoms with van der Waals surface area (Å²) >= 11 is 0. The van der Waals surface area contributed by atoms with Gasteiger partial charge in [0.1, 0.15) is 11.5 Å². The predicted molar refractivity (Wildman–Crippen MR) is 78.6 cm³/mol. The van der Waals surface area contributed by atoms with Crippen LogP contribution in [0.1, 0.15) is 5.56 Å². The average molecular weight is 294 g/mol. The Labute approximate surface area is 122 Å². The maximum absolute atomic E-state index is 10.5. The average Bonchev–Trinajstić information content (AvgIpc) is 2.52. The number of methoxy groups -OCH3 is 2. The van der Waals surface area contributed by atoms with Crippen molar-refractivity contribution in [3.63, 3.8) is 0 Å². The Hall–Kier alpha value is -2.28. The van der Waals surface area contributed by atoms with Crippen molar-refractivity contribution >= 4 is 11.8 Å². The van der Waals surface area contributed by atoms with Crippen LogP contribution in [0.5, 0.6) is 11.5 Å². The Morgan fingerprint density at radius 3 is 2.48 bits per heavy atom. The Morgan fingerprint density at radius 1 is 1.24 bits per heavy atom. The summed E-state index contributed by atoms with van der Waals surface area (Å²) in [6.07, 6.45) is 2.27. The molecule has 114 valence electrons. The summed E-state index contributed by atoms with van der Waals surface area (Å²) in [5, 5.41) is 10.5. The molecule has 0 N–H and O–H groups in total. The zero-order valence-corrected chi connectivity index (χ0v) is 12.1. The summed E-state index contributed by atoms with van der Waals surface area (Å²) < 4.78 is 16.1. The minimum atomic E-state index is -0.512. The lowest BCUT2D eigenvalue weighted by molar-refractivity contribution is -0.400. The highest BCUT2D eigenvalue weighted by molar-refractivity contribution is 5.70. The first-order valence-electron chi connectivity index (χ1n) is 6.56. The fourth-order valence-electron chi connectivity index (χ4n) is 2.23. The van der Waals surface area contributed by atoms with Crippen LogP contribution in [-0.4, -0.2) is 45.4 Å². The molecular formula is C14H18N2O5. The van der Waals surface area contributed by atoms with Gasteiger partial charge < -0.3 is 19.1 Å². The van der Waals surface area contributed by atoms with Crippen LogP contribution in [0.3, 0.4) is 0 Å². The number of hydrogen-bond donors (Lipinski definition) is 0. The van der Waals surface area contributed by atoms with E-state index in [1.807, 2.05) is 6.07 Å². The lowest BCUT2D eigenvalue weighted by Crippen LogP contribution is -2.36.